The molecule has 5 heteroatoms. The first-order valence-electron chi connectivity index (χ1n) is 5.50. The van der Waals surface area contributed by atoms with Crippen LogP contribution < -0.4 is 5.32 Å². The maximum absolute atomic E-state index is 12.2. The Balaban J connectivity index is 2.28. The molecule has 0 saturated carbocycles. The predicted octanol–water partition coefficient (Wildman–Crippen LogP) is 5.32. The van der Waals surface area contributed by atoms with Gasteiger partial charge in [-0.3, -0.25) is 4.79 Å². The van der Waals surface area contributed by atoms with Crippen molar-refractivity contribution in [3.05, 3.63) is 62.0 Å². The van der Waals surface area contributed by atoms with E-state index in [2.05, 4.69) is 21.2 Å². The summed E-state index contributed by atoms with van der Waals surface area (Å²) in [5, 5.41) is 3.97. The minimum Gasteiger partial charge on any atom is -0.321 e. The fraction of sp³-hybridized carbons (Fsp3) is 0.0714. The molecule has 1 N–H and O–H groups in total. The van der Waals surface area contributed by atoms with E-state index in [1.54, 1.807) is 36.4 Å². The second kappa shape index (κ2) is 5.95. The van der Waals surface area contributed by atoms with Crippen molar-refractivity contribution in [2.45, 2.75) is 6.92 Å². The van der Waals surface area contributed by atoms with Gasteiger partial charge >= 0.3 is 0 Å². The summed E-state index contributed by atoms with van der Waals surface area (Å²) in [6.45, 7) is 1.84. The van der Waals surface area contributed by atoms with Crippen LogP contribution >= 0.6 is 39.1 Å². The average molecular weight is 359 g/mol. The van der Waals surface area contributed by atoms with Crippen molar-refractivity contribution in [3.63, 3.8) is 0 Å². The topological polar surface area (TPSA) is 29.1 Å². The van der Waals surface area contributed by atoms with E-state index in [1.165, 1.54) is 0 Å². The predicted molar refractivity (Wildman–Crippen MR) is 83.3 cm³/mol. The summed E-state index contributed by atoms with van der Waals surface area (Å²) >= 11 is 15.2. The van der Waals surface area contributed by atoms with Crippen molar-refractivity contribution in [3.8, 4) is 0 Å². The summed E-state index contributed by atoms with van der Waals surface area (Å²) in [4.78, 5) is 12.2. The molecule has 0 saturated heterocycles. The fourth-order valence-electron chi connectivity index (χ4n) is 1.67. The highest BCUT2D eigenvalue weighted by molar-refractivity contribution is 9.10. The number of benzene rings is 2. The standard InChI is InChI=1S/C14H10BrCl2NO/c1-8-7-9(16)5-6-10(8)14(19)18-12-4-2-3-11(17)13(12)15/h2-7H,1H3,(H,18,19). The van der Waals surface area contributed by atoms with Crippen LogP contribution in [0.1, 0.15) is 15.9 Å². The lowest BCUT2D eigenvalue weighted by molar-refractivity contribution is 0.102. The molecule has 2 aromatic carbocycles. The fourth-order valence-corrected chi connectivity index (χ4v) is 2.44. The number of nitrogens with one attached hydrogen (secondary N) is 1. The van der Waals surface area contributed by atoms with Gasteiger partial charge in [-0.1, -0.05) is 29.3 Å². The van der Waals surface area contributed by atoms with Crippen LogP contribution in [0.15, 0.2) is 40.9 Å². The SMILES string of the molecule is Cc1cc(Cl)ccc1C(=O)Nc1cccc(Cl)c1Br. The quantitative estimate of drug-likeness (QED) is 0.773. The van der Waals surface area contributed by atoms with E-state index in [-0.39, 0.29) is 5.91 Å². The zero-order valence-corrected chi connectivity index (χ0v) is 13.1. The third-order valence-electron chi connectivity index (χ3n) is 2.63. The third kappa shape index (κ3) is 3.30. The summed E-state index contributed by atoms with van der Waals surface area (Å²) in [5.74, 6) is -0.197. The molecule has 0 bridgehead atoms. The number of hydrogen-bond acceptors (Lipinski definition) is 1. The van der Waals surface area contributed by atoms with Crippen molar-refractivity contribution < 1.29 is 4.79 Å². The summed E-state index contributed by atoms with van der Waals surface area (Å²) in [6.07, 6.45) is 0. The van der Waals surface area contributed by atoms with Gasteiger partial charge in [0.1, 0.15) is 0 Å². The number of carbonyl (C=O) groups is 1. The molecular formula is C14H10BrCl2NO. The van der Waals surface area contributed by atoms with E-state index in [1.807, 2.05) is 6.92 Å². The van der Waals surface area contributed by atoms with Gasteiger partial charge in [0, 0.05) is 10.6 Å². The Morgan fingerprint density at radius 1 is 1.21 bits per heavy atom. The molecule has 0 atom stereocenters. The molecule has 0 radical (unpaired) electrons. The van der Waals surface area contributed by atoms with Crippen LogP contribution in [0.25, 0.3) is 0 Å². The van der Waals surface area contributed by atoms with Crippen LogP contribution in [0.3, 0.4) is 0 Å². The smallest absolute Gasteiger partial charge is 0.255 e. The molecule has 0 fully saturated rings. The van der Waals surface area contributed by atoms with Crippen molar-refractivity contribution >= 4 is 50.7 Å². The van der Waals surface area contributed by atoms with Crippen LogP contribution in [-0.4, -0.2) is 5.91 Å². The second-order valence-corrected chi connectivity index (χ2v) is 5.65. The molecule has 0 unspecified atom stereocenters. The molecule has 0 heterocycles. The third-order valence-corrected chi connectivity index (χ3v) is 4.27. The van der Waals surface area contributed by atoms with Gasteiger partial charge in [0.2, 0.25) is 0 Å². The lowest BCUT2D eigenvalue weighted by Crippen LogP contribution is -2.13. The lowest BCUT2D eigenvalue weighted by Gasteiger charge is -2.10. The number of carbonyl (C=O) groups excluding carboxylic acids is 1. The number of aryl methyl sites for hydroxylation is 1. The van der Waals surface area contributed by atoms with E-state index >= 15 is 0 Å². The highest BCUT2D eigenvalue weighted by atomic mass is 79.9. The first kappa shape index (κ1) is 14.4. The number of anilines is 1. The summed E-state index contributed by atoms with van der Waals surface area (Å²) in [5.41, 5.74) is 2.03. The molecule has 0 spiro atoms. The van der Waals surface area contributed by atoms with Gasteiger partial charge in [0.05, 0.1) is 15.2 Å². The van der Waals surface area contributed by atoms with Gasteiger partial charge < -0.3 is 5.32 Å². The van der Waals surface area contributed by atoms with Gasteiger partial charge in [0.15, 0.2) is 0 Å². The van der Waals surface area contributed by atoms with Gasteiger partial charge in [-0.2, -0.15) is 0 Å². The molecule has 0 aliphatic heterocycles. The Bertz CT molecular complexity index is 643. The summed E-state index contributed by atoms with van der Waals surface area (Å²) in [7, 11) is 0. The molecule has 2 aromatic rings. The van der Waals surface area contributed by atoms with Crippen LogP contribution in [0.2, 0.25) is 10.0 Å². The molecule has 2 nitrogen and oxygen atoms in total. The highest BCUT2D eigenvalue weighted by Crippen LogP contribution is 2.30. The van der Waals surface area contributed by atoms with Crippen LogP contribution in [0.5, 0.6) is 0 Å². The maximum atomic E-state index is 12.2. The van der Waals surface area contributed by atoms with E-state index < -0.39 is 0 Å². The van der Waals surface area contributed by atoms with E-state index in [9.17, 15) is 4.79 Å². The Labute approximate surface area is 129 Å². The monoisotopic (exact) mass is 357 g/mol. The highest BCUT2D eigenvalue weighted by Gasteiger charge is 2.12. The van der Waals surface area contributed by atoms with Crippen molar-refractivity contribution in [2.75, 3.05) is 5.32 Å². The van der Waals surface area contributed by atoms with Gasteiger partial charge in [-0.25, -0.2) is 0 Å². The number of amides is 1. The zero-order chi connectivity index (χ0) is 14.0. The second-order valence-electron chi connectivity index (χ2n) is 4.01. The van der Waals surface area contributed by atoms with Crippen molar-refractivity contribution in [2.24, 2.45) is 0 Å². The van der Waals surface area contributed by atoms with Crippen LogP contribution in [0, 0.1) is 6.92 Å². The first-order valence-corrected chi connectivity index (χ1v) is 7.05. The molecule has 0 aliphatic carbocycles. The molecule has 2 rings (SSSR count). The van der Waals surface area contributed by atoms with Gasteiger partial charge in [-0.05, 0) is 58.7 Å². The maximum Gasteiger partial charge on any atom is 0.255 e. The normalized spacial score (nSPS) is 10.3. The molecule has 19 heavy (non-hydrogen) atoms. The average Bonchev–Trinajstić information content (AvgIpc) is 2.34. The Morgan fingerprint density at radius 3 is 2.63 bits per heavy atom. The molecule has 0 aromatic heterocycles. The first-order chi connectivity index (χ1) is 8.99. The van der Waals surface area contributed by atoms with Crippen LogP contribution in [0.4, 0.5) is 5.69 Å². The van der Waals surface area contributed by atoms with Crippen molar-refractivity contribution in [1.82, 2.24) is 0 Å². The largest absolute Gasteiger partial charge is 0.321 e. The molecule has 0 aliphatic rings. The van der Waals surface area contributed by atoms with Gasteiger partial charge in [0.25, 0.3) is 5.91 Å². The Hall–Kier alpha value is -1.03. The van der Waals surface area contributed by atoms with Crippen LogP contribution in [-0.2, 0) is 0 Å². The number of hydrogen-bond donors (Lipinski definition) is 1. The van der Waals surface area contributed by atoms with E-state index in [0.717, 1.165) is 5.56 Å². The molecule has 98 valence electrons. The minimum absolute atomic E-state index is 0.197. The molecular weight excluding hydrogens is 349 g/mol. The van der Waals surface area contributed by atoms with Crippen molar-refractivity contribution in [1.29, 1.82) is 0 Å². The zero-order valence-electron chi connectivity index (χ0n) is 10.0. The van der Waals surface area contributed by atoms with E-state index in [0.29, 0.717) is 25.8 Å². The Kier molecular flexibility index (Phi) is 4.50. The van der Waals surface area contributed by atoms with Gasteiger partial charge in [-0.15, -0.1) is 0 Å². The summed E-state index contributed by atoms with van der Waals surface area (Å²) in [6, 6.07) is 10.4. The van der Waals surface area contributed by atoms with E-state index in [4.69, 9.17) is 23.2 Å². The number of halogens is 3. The molecule has 1 amide bonds. The lowest BCUT2D eigenvalue weighted by atomic mass is 10.1. The number of rotatable bonds is 2. The minimum atomic E-state index is -0.197. The summed E-state index contributed by atoms with van der Waals surface area (Å²) < 4.78 is 0.664. The Morgan fingerprint density at radius 2 is 1.95 bits per heavy atom.